The van der Waals surface area contributed by atoms with Gasteiger partial charge in [-0.05, 0) is 73.2 Å². The molecule has 0 aliphatic carbocycles. The third-order valence-electron chi connectivity index (χ3n) is 6.61. The summed E-state index contributed by atoms with van der Waals surface area (Å²) in [6.45, 7) is 5.43. The van der Waals surface area contributed by atoms with Crippen molar-refractivity contribution in [1.82, 2.24) is 10.2 Å². The minimum Gasteiger partial charge on any atom is -0.497 e. The zero-order valence-corrected chi connectivity index (χ0v) is 18.8. The van der Waals surface area contributed by atoms with Gasteiger partial charge in [-0.15, -0.1) is 0 Å². The van der Waals surface area contributed by atoms with Gasteiger partial charge < -0.3 is 15.0 Å². The van der Waals surface area contributed by atoms with Crippen LogP contribution in [0, 0.1) is 17.2 Å². The van der Waals surface area contributed by atoms with Crippen LogP contribution < -0.4 is 15.0 Å². The second-order valence-electron chi connectivity index (χ2n) is 8.75. The highest BCUT2D eigenvalue weighted by molar-refractivity contribution is 5.79. The fourth-order valence-electron chi connectivity index (χ4n) is 4.74. The summed E-state index contributed by atoms with van der Waals surface area (Å²) in [6, 6.07) is 16.2. The maximum Gasteiger partial charge on any atom is 0.224 e. The van der Waals surface area contributed by atoms with Gasteiger partial charge in [0, 0.05) is 45.0 Å². The number of rotatable bonds is 7. The number of nitrogens with zero attached hydrogens (tertiary/aromatic N) is 3. The number of fused-ring (bicyclic) bond motifs is 1. The number of carbonyl (C=O) groups excluding carboxylic acids is 1. The Balaban J connectivity index is 1.20. The number of benzene rings is 2. The van der Waals surface area contributed by atoms with Gasteiger partial charge in [0.1, 0.15) is 5.75 Å². The van der Waals surface area contributed by atoms with Gasteiger partial charge in [0.15, 0.2) is 0 Å². The van der Waals surface area contributed by atoms with E-state index in [0.29, 0.717) is 5.56 Å². The van der Waals surface area contributed by atoms with Crippen molar-refractivity contribution in [2.45, 2.75) is 32.2 Å². The van der Waals surface area contributed by atoms with Gasteiger partial charge in [-0.3, -0.25) is 9.69 Å². The molecule has 0 bridgehead atoms. The fraction of sp³-hybridized carbons (Fsp3) is 0.462. The number of anilines is 1. The maximum absolute atomic E-state index is 12.7. The Labute approximate surface area is 190 Å². The lowest BCUT2D eigenvalue weighted by atomic mass is 9.96. The number of hydrogen-bond donors (Lipinski definition) is 1. The number of amides is 1. The molecular formula is C26H32N4O2. The molecule has 0 radical (unpaired) electrons. The summed E-state index contributed by atoms with van der Waals surface area (Å²) in [6.07, 6.45) is 3.95. The summed E-state index contributed by atoms with van der Waals surface area (Å²) in [5.74, 6) is 1.12. The average molecular weight is 433 g/mol. The molecule has 1 amide bonds. The van der Waals surface area contributed by atoms with Crippen LogP contribution in [0.5, 0.6) is 5.75 Å². The molecule has 0 spiro atoms. The summed E-state index contributed by atoms with van der Waals surface area (Å²) in [5.41, 5.74) is 4.52. The highest BCUT2D eigenvalue weighted by atomic mass is 16.5. The minimum atomic E-state index is 0.0243. The van der Waals surface area contributed by atoms with Crippen molar-refractivity contribution in [3.05, 3.63) is 59.2 Å². The second kappa shape index (κ2) is 10.5. The van der Waals surface area contributed by atoms with Crippen LogP contribution in [0.25, 0.3) is 0 Å². The molecular weight excluding hydrogens is 400 g/mol. The van der Waals surface area contributed by atoms with E-state index in [1.807, 2.05) is 30.3 Å². The topological polar surface area (TPSA) is 68.6 Å². The molecule has 1 N–H and O–H groups in total. The SMILES string of the molecule is COc1ccc2c(c1)CCN(CCCNC(=O)C1CCCN(c3ccc(C#N)cc3)C1)C2. The van der Waals surface area contributed by atoms with Crippen LogP contribution in [-0.2, 0) is 17.8 Å². The zero-order valence-electron chi connectivity index (χ0n) is 18.8. The fourth-order valence-corrected chi connectivity index (χ4v) is 4.74. The first-order valence-corrected chi connectivity index (χ1v) is 11.6. The highest BCUT2D eigenvalue weighted by Crippen LogP contribution is 2.25. The van der Waals surface area contributed by atoms with Crippen molar-refractivity contribution in [3.63, 3.8) is 0 Å². The lowest BCUT2D eigenvalue weighted by molar-refractivity contribution is -0.125. The van der Waals surface area contributed by atoms with Gasteiger partial charge in [-0.2, -0.15) is 5.26 Å². The minimum absolute atomic E-state index is 0.0243. The van der Waals surface area contributed by atoms with Crippen molar-refractivity contribution in [1.29, 1.82) is 5.26 Å². The Bertz CT molecular complexity index is 967. The molecule has 1 fully saturated rings. The molecule has 1 saturated heterocycles. The van der Waals surface area contributed by atoms with Crippen LogP contribution in [-0.4, -0.2) is 50.6 Å². The van der Waals surface area contributed by atoms with Gasteiger partial charge in [0.05, 0.1) is 24.7 Å². The Morgan fingerprint density at radius 3 is 2.81 bits per heavy atom. The molecule has 1 unspecified atom stereocenters. The number of carbonyl (C=O) groups is 1. The zero-order chi connectivity index (χ0) is 22.3. The largest absolute Gasteiger partial charge is 0.497 e. The smallest absolute Gasteiger partial charge is 0.224 e. The third-order valence-corrected chi connectivity index (χ3v) is 6.61. The normalized spacial score (nSPS) is 18.5. The molecule has 2 aromatic carbocycles. The molecule has 2 heterocycles. The molecule has 32 heavy (non-hydrogen) atoms. The summed E-state index contributed by atoms with van der Waals surface area (Å²) in [4.78, 5) is 17.5. The first kappa shape index (κ1) is 22.2. The van der Waals surface area contributed by atoms with Gasteiger partial charge in [-0.1, -0.05) is 6.07 Å². The number of nitriles is 1. The number of ether oxygens (including phenoxy) is 1. The summed E-state index contributed by atoms with van der Waals surface area (Å²) < 4.78 is 5.33. The predicted molar refractivity (Wildman–Crippen MR) is 126 cm³/mol. The van der Waals surface area contributed by atoms with E-state index >= 15 is 0 Å². The van der Waals surface area contributed by atoms with E-state index in [2.05, 4.69) is 33.3 Å². The highest BCUT2D eigenvalue weighted by Gasteiger charge is 2.26. The van der Waals surface area contributed by atoms with Crippen LogP contribution in [0.4, 0.5) is 5.69 Å². The van der Waals surface area contributed by atoms with Crippen LogP contribution in [0.1, 0.15) is 36.0 Å². The predicted octanol–water partition coefficient (Wildman–Crippen LogP) is 3.35. The van der Waals surface area contributed by atoms with E-state index in [-0.39, 0.29) is 11.8 Å². The van der Waals surface area contributed by atoms with E-state index in [1.54, 1.807) is 7.11 Å². The Morgan fingerprint density at radius 1 is 1.19 bits per heavy atom. The quantitative estimate of drug-likeness (QED) is 0.680. The summed E-state index contributed by atoms with van der Waals surface area (Å²) in [7, 11) is 1.71. The molecule has 0 saturated carbocycles. The number of nitrogens with one attached hydrogen (secondary N) is 1. The van der Waals surface area contributed by atoms with Crippen molar-refractivity contribution >= 4 is 11.6 Å². The molecule has 2 aliphatic rings. The van der Waals surface area contributed by atoms with E-state index in [9.17, 15) is 4.79 Å². The van der Waals surface area contributed by atoms with Crippen LogP contribution >= 0.6 is 0 Å². The van der Waals surface area contributed by atoms with Gasteiger partial charge >= 0.3 is 0 Å². The first-order valence-electron chi connectivity index (χ1n) is 11.6. The van der Waals surface area contributed by atoms with Crippen molar-refractivity contribution in [2.24, 2.45) is 5.92 Å². The van der Waals surface area contributed by atoms with Crippen molar-refractivity contribution in [3.8, 4) is 11.8 Å². The maximum atomic E-state index is 12.7. The van der Waals surface area contributed by atoms with Gasteiger partial charge in [0.25, 0.3) is 0 Å². The molecule has 6 nitrogen and oxygen atoms in total. The monoisotopic (exact) mass is 432 g/mol. The van der Waals surface area contributed by atoms with E-state index in [4.69, 9.17) is 10.00 Å². The molecule has 0 aromatic heterocycles. The lowest BCUT2D eigenvalue weighted by Crippen LogP contribution is -2.43. The molecule has 168 valence electrons. The molecule has 6 heteroatoms. The molecule has 1 atom stereocenters. The number of hydrogen-bond acceptors (Lipinski definition) is 5. The van der Waals surface area contributed by atoms with Crippen LogP contribution in [0.2, 0.25) is 0 Å². The number of piperidine rings is 1. The Hall–Kier alpha value is -3.04. The van der Waals surface area contributed by atoms with Gasteiger partial charge in [-0.25, -0.2) is 0 Å². The van der Waals surface area contributed by atoms with E-state index in [0.717, 1.165) is 76.4 Å². The summed E-state index contributed by atoms with van der Waals surface area (Å²) >= 11 is 0. The van der Waals surface area contributed by atoms with Crippen molar-refractivity contribution in [2.75, 3.05) is 44.7 Å². The van der Waals surface area contributed by atoms with Crippen LogP contribution in [0.15, 0.2) is 42.5 Å². The second-order valence-corrected chi connectivity index (χ2v) is 8.75. The first-order chi connectivity index (χ1) is 15.7. The lowest BCUT2D eigenvalue weighted by Gasteiger charge is -2.34. The molecule has 2 aliphatic heterocycles. The molecule has 4 rings (SSSR count). The molecule has 2 aromatic rings. The summed E-state index contributed by atoms with van der Waals surface area (Å²) in [5, 5.41) is 12.1. The van der Waals surface area contributed by atoms with E-state index in [1.165, 1.54) is 11.1 Å². The van der Waals surface area contributed by atoms with Crippen molar-refractivity contribution < 1.29 is 9.53 Å². The number of methoxy groups -OCH3 is 1. The van der Waals surface area contributed by atoms with Crippen LogP contribution in [0.3, 0.4) is 0 Å². The van der Waals surface area contributed by atoms with Gasteiger partial charge in [0.2, 0.25) is 5.91 Å². The Kier molecular flexibility index (Phi) is 7.28. The average Bonchev–Trinajstić information content (AvgIpc) is 2.86. The Morgan fingerprint density at radius 2 is 2.03 bits per heavy atom. The standard InChI is InChI=1S/C26H32N4O2/c1-32-25-10-7-22-18-29(15-11-21(22)16-25)13-3-12-28-26(31)23-4-2-14-30(19-23)24-8-5-20(17-27)6-9-24/h5-10,16,23H,2-4,11-15,18-19H2,1H3,(H,28,31). The third kappa shape index (κ3) is 5.41. The van der Waals surface area contributed by atoms with E-state index < -0.39 is 0 Å².